The van der Waals surface area contributed by atoms with Crippen LogP contribution in [0.15, 0.2) is 42.5 Å². The first kappa shape index (κ1) is 18.8. The van der Waals surface area contributed by atoms with E-state index in [1.54, 1.807) is 0 Å². The van der Waals surface area contributed by atoms with Gasteiger partial charge in [0.15, 0.2) is 0 Å². The monoisotopic (exact) mass is 384 g/mol. The number of piperidine rings is 1. The molecule has 0 N–H and O–H groups in total. The summed E-state index contributed by atoms with van der Waals surface area (Å²) in [5, 5.41) is 0.804. The highest BCUT2D eigenvalue weighted by Gasteiger charge is 2.40. The summed E-state index contributed by atoms with van der Waals surface area (Å²) in [6, 6.07) is 15.4. The number of rotatable bonds is 4. The summed E-state index contributed by atoms with van der Waals surface area (Å²) in [7, 11) is 4.39. The second kappa shape index (κ2) is 7.83. The minimum Gasteiger partial charge on any atom is -0.484 e. The van der Waals surface area contributed by atoms with Crippen LogP contribution in [0, 0.1) is 6.92 Å². The summed E-state index contributed by atoms with van der Waals surface area (Å²) in [4.78, 5) is 5.01. The Balaban J connectivity index is 1.66. The van der Waals surface area contributed by atoms with E-state index in [1.807, 2.05) is 30.3 Å². The van der Waals surface area contributed by atoms with E-state index in [0.29, 0.717) is 12.1 Å². The van der Waals surface area contributed by atoms with Crippen LogP contribution in [0.3, 0.4) is 0 Å². The van der Waals surface area contributed by atoms with Crippen LogP contribution in [-0.4, -0.2) is 49.1 Å². The van der Waals surface area contributed by atoms with Crippen molar-refractivity contribution >= 4 is 11.6 Å². The molecule has 27 heavy (non-hydrogen) atoms. The van der Waals surface area contributed by atoms with Crippen LogP contribution >= 0.6 is 11.6 Å². The maximum Gasteiger partial charge on any atom is 0.140 e. The minimum atomic E-state index is 0.0284. The molecule has 3 nitrogen and oxygen atoms in total. The van der Waals surface area contributed by atoms with E-state index in [9.17, 15) is 0 Å². The molecule has 0 aromatic heterocycles. The molecule has 0 unspecified atom stereocenters. The van der Waals surface area contributed by atoms with Crippen LogP contribution in [0.1, 0.15) is 35.6 Å². The molecule has 2 aliphatic rings. The first-order valence-corrected chi connectivity index (χ1v) is 10.3. The lowest BCUT2D eigenvalue weighted by molar-refractivity contribution is 0.0380. The van der Waals surface area contributed by atoms with Crippen LogP contribution in [0.5, 0.6) is 5.75 Å². The van der Waals surface area contributed by atoms with Gasteiger partial charge in [0, 0.05) is 17.6 Å². The van der Waals surface area contributed by atoms with Crippen LogP contribution in [0.25, 0.3) is 0 Å². The number of nitrogens with zero attached hydrogens (tertiary/aromatic N) is 2. The van der Waals surface area contributed by atoms with Gasteiger partial charge in [0.1, 0.15) is 11.9 Å². The van der Waals surface area contributed by atoms with E-state index in [4.69, 9.17) is 16.3 Å². The quantitative estimate of drug-likeness (QED) is 0.758. The van der Waals surface area contributed by atoms with Crippen molar-refractivity contribution in [1.82, 2.24) is 9.80 Å². The predicted octanol–water partition coefficient (Wildman–Crippen LogP) is 4.72. The molecule has 0 saturated carbocycles. The number of aryl methyl sites for hydroxylation is 1. The van der Waals surface area contributed by atoms with Gasteiger partial charge in [-0.25, -0.2) is 0 Å². The van der Waals surface area contributed by atoms with Crippen molar-refractivity contribution in [1.29, 1.82) is 0 Å². The minimum absolute atomic E-state index is 0.0284. The highest BCUT2D eigenvalue weighted by molar-refractivity contribution is 6.30. The van der Waals surface area contributed by atoms with Crippen molar-refractivity contribution in [3.8, 4) is 5.75 Å². The number of halogens is 1. The molecule has 0 radical (unpaired) electrons. The highest BCUT2D eigenvalue weighted by Crippen LogP contribution is 2.41. The summed E-state index contributed by atoms with van der Waals surface area (Å²) in [6.07, 6.45) is 3.59. The maximum atomic E-state index is 6.56. The Morgan fingerprint density at radius 2 is 1.93 bits per heavy atom. The van der Waals surface area contributed by atoms with E-state index in [2.05, 4.69) is 43.0 Å². The molecule has 144 valence electrons. The zero-order chi connectivity index (χ0) is 19.0. The molecule has 0 amide bonds. The van der Waals surface area contributed by atoms with Crippen molar-refractivity contribution in [2.24, 2.45) is 0 Å². The van der Waals surface area contributed by atoms with Crippen molar-refractivity contribution in [2.75, 3.05) is 27.2 Å². The van der Waals surface area contributed by atoms with Crippen LogP contribution in [-0.2, 0) is 6.42 Å². The SMILES string of the molecule is Cc1cc(Cl)cc2c1C[C@H](N1CCC[C@@H](N(C)C)C1)[C@H]2Oc1ccccc1. The van der Waals surface area contributed by atoms with Crippen molar-refractivity contribution in [3.05, 3.63) is 64.2 Å². The van der Waals surface area contributed by atoms with Gasteiger partial charge in [0.05, 0.1) is 6.04 Å². The molecule has 1 aliphatic heterocycles. The predicted molar refractivity (Wildman–Crippen MR) is 112 cm³/mol. The molecule has 2 aromatic carbocycles. The second-order valence-corrected chi connectivity index (χ2v) is 8.60. The average molecular weight is 385 g/mol. The highest BCUT2D eigenvalue weighted by atomic mass is 35.5. The van der Waals surface area contributed by atoms with E-state index < -0.39 is 0 Å². The van der Waals surface area contributed by atoms with E-state index in [0.717, 1.165) is 30.3 Å². The standard InChI is InChI=1S/C23H29ClN2O/c1-16-12-17(24)13-21-20(16)14-22(23(21)27-19-9-5-4-6-10-19)26-11-7-8-18(15-26)25(2)3/h4-6,9-10,12-13,18,22-23H,7-8,11,14-15H2,1-3H3/t18-,22+,23+/m1/s1. The molecule has 1 fully saturated rings. The van der Waals surface area contributed by atoms with Crippen LogP contribution in [0.2, 0.25) is 5.02 Å². The number of likely N-dealkylation sites (tertiary alicyclic amines) is 1. The fraction of sp³-hybridized carbons (Fsp3) is 0.478. The van der Waals surface area contributed by atoms with Crippen LogP contribution < -0.4 is 4.74 Å². The number of hydrogen-bond acceptors (Lipinski definition) is 3. The first-order chi connectivity index (χ1) is 13.0. The number of hydrogen-bond donors (Lipinski definition) is 0. The van der Waals surface area contributed by atoms with Gasteiger partial charge in [0.2, 0.25) is 0 Å². The normalized spacial score (nSPS) is 25.6. The molecule has 4 heteroatoms. The zero-order valence-electron chi connectivity index (χ0n) is 16.5. The van der Waals surface area contributed by atoms with Gasteiger partial charge in [-0.15, -0.1) is 0 Å². The van der Waals surface area contributed by atoms with E-state index >= 15 is 0 Å². The molecule has 2 aromatic rings. The Labute approximate surface area is 167 Å². The molecular weight excluding hydrogens is 356 g/mol. The molecule has 3 atom stereocenters. The van der Waals surface area contributed by atoms with Crippen molar-refractivity contribution in [2.45, 2.75) is 44.4 Å². The molecule has 1 aliphatic carbocycles. The largest absolute Gasteiger partial charge is 0.484 e. The number of likely N-dealkylation sites (N-methyl/N-ethyl adjacent to an activating group) is 1. The smallest absolute Gasteiger partial charge is 0.140 e. The molecule has 0 spiro atoms. The third-order valence-electron chi connectivity index (χ3n) is 6.18. The van der Waals surface area contributed by atoms with Crippen LogP contribution in [0.4, 0.5) is 0 Å². The summed E-state index contributed by atoms with van der Waals surface area (Å²) in [6.45, 7) is 4.42. The number of fused-ring (bicyclic) bond motifs is 1. The van der Waals surface area contributed by atoms with Gasteiger partial charge < -0.3 is 9.64 Å². The molecular formula is C23H29ClN2O. The Morgan fingerprint density at radius 1 is 1.15 bits per heavy atom. The molecule has 4 rings (SSSR count). The third-order valence-corrected chi connectivity index (χ3v) is 6.39. The van der Waals surface area contributed by atoms with Gasteiger partial charge >= 0.3 is 0 Å². The lowest BCUT2D eigenvalue weighted by atomic mass is 10.0. The molecule has 0 bridgehead atoms. The van der Waals surface area contributed by atoms with Gasteiger partial charge in [0.25, 0.3) is 0 Å². The number of ether oxygens (including phenoxy) is 1. The van der Waals surface area contributed by atoms with Gasteiger partial charge in [-0.1, -0.05) is 29.8 Å². The second-order valence-electron chi connectivity index (χ2n) is 8.17. The zero-order valence-corrected chi connectivity index (χ0v) is 17.2. The fourth-order valence-corrected chi connectivity index (χ4v) is 4.95. The summed E-state index contributed by atoms with van der Waals surface area (Å²) >= 11 is 6.42. The van der Waals surface area contributed by atoms with Crippen molar-refractivity contribution in [3.63, 3.8) is 0 Å². The Hall–Kier alpha value is -1.55. The Kier molecular flexibility index (Phi) is 5.45. The fourth-order valence-electron chi connectivity index (χ4n) is 4.67. The number of benzene rings is 2. The third kappa shape index (κ3) is 3.87. The molecule has 1 saturated heterocycles. The lowest BCUT2D eigenvalue weighted by Crippen LogP contribution is -2.51. The summed E-state index contributed by atoms with van der Waals surface area (Å²) in [5.74, 6) is 0.930. The van der Waals surface area contributed by atoms with E-state index in [-0.39, 0.29) is 6.10 Å². The van der Waals surface area contributed by atoms with Gasteiger partial charge in [-0.3, -0.25) is 4.90 Å². The maximum absolute atomic E-state index is 6.56. The number of para-hydroxylation sites is 1. The topological polar surface area (TPSA) is 15.7 Å². The lowest BCUT2D eigenvalue weighted by Gasteiger charge is -2.41. The van der Waals surface area contributed by atoms with Gasteiger partial charge in [-0.05, 0) is 87.8 Å². The summed E-state index contributed by atoms with van der Waals surface area (Å²) < 4.78 is 6.56. The Bertz CT molecular complexity index is 792. The van der Waals surface area contributed by atoms with E-state index in [1.165, 1.54) is 29.5 Å². The summed E-state index contributed by atoms with van der Waals surface area (Å²) in [5.41, 5.74) is 3.96. The molecule has 1 heterocycles. The average Bonchev–Trinajstić information content (AvgIpc) is 3.01. The Morgan fingerprint density at radius 3 is 2.67 bits per heavy atom. The van der Waals surface area contributed by atoms with Crippen molar-refractivity contribution < 1.29 is 4.74 Å². The van der Waals surface area contributed by atoms with Gasteiger partial charge in [-0.2, -0.15) is 0 Å². The first-order valence-electron chi connectivity index (χ1n) is 9.94.